The number of rotatable bonds is 3. The van der Waals surface area contributed by atoms with Crippen LogP contribution in [0.15, 0.2) is 40.8 Å². The SMILES string of the molecule is CC(C)(C)[C@H]1CCc2c(sc3c2C(=O)N[C@@H](c2ccc(-c4cccc([N+](=O)[O-])c4)o2)N3)C1. The number of furan rings is 1. The van der Waals surface area contributed by atoms with E-state index >= 15 is 0 Å². The van der Waals surface area contributed by atoms with Gasteiger partial charge in [0.1, 0.15) is 16.5 Å². The van der Waals surface area contributed by atoms with Crippen LogP contribution in [0, 0.1) is 21.4 Å². The van der Waals surface area contributed by atoms with Crippen LogP contribution < -0.4 is 10.6 Å². The van der Waals surface area contributed by atoms with Crippen molar-refractivity contribution in [2.24, 2.45) is 11.3 Å². The van der Waals surface area contributed by atoms with Crippen LogP contribution in [-0.2, 0) is 12.8 Å². The van der Waals surface area contributed by atoms with Crippen molar-refractivity contribution in [2.75, 3.05) is 5.32 Å². The van der Waals surface area contributed by atoms with Gasteiger partial charge in [-0.3, -0.25) is 14.9 Å². The van der Waals surface area contributed by atoms with Crippen molar-refractivity contribution in [1.82, 2.24) is 5.32 Å². The molecule has 2 aromatic heterocycles. The highest BCUT2D eigenvalue weighted by Gasteiger charge is 2.37. The number of non-ortho nitro benzene ring substituents is 1. The molecular weight excluding hydrogens is 426 g/mol. The Morgan fingerprint density at radius 1 is 1.19 bits per heavy atom. The summed E-state index contributed by atoms with van der Waals surface area (Å²) in [7, 11) is 0. The zero-order valence-corrected chi connectivity index (χ0v) is 19.0. The second-order valence-corrected chi connectivity index (χ2v) is 10.7. The predicted octanol–water partition coefficient (Wildman–Crippen LogP) is 5.92. The Hall–Kier alpha value is -3.13. The number of amides is 1. The van der Waals surface area contributed by atoms with Crippen molar-refractivity contribution in [3.8, 4) is 11.3 Å². The van der Waals surface area contributed by atoms with Gasteiger partial charge in [-0.15, -0.1) is 11.3 Å². The number of thiophene rings is 1. The number of nitro groups is 1. The highest BCUT2D eigenvalue weighted by molar-refractivity contribution is 7.16. The highest BCUT2D eigenvalue weighted by atomic mass is 32.1. The molecular formula is C24H25N3O4S. The number of nitrogens with zero attached hydrogens (tertiary/aromatic N) is 1. The molecule has 166 valence electrons. The number of benzene rings is 1. The number of hydrogen-bond donors (Lipinski definition) is 2. The van der Waals surface area contributed by atoms with Gasteiger partial charge in [0, 0.05) is 22.6 Å². The largest absolute Gasteiger partial charge is 0.457 e. The van der Waals surface area contributed by atoms with Crippen LogP contribution in [0.5, 0.6) is 0 Å². The maximum absolute atomic E-state index is 13.0. The third-order valence-electron chi connectivity index (χ3n) is 6.52. The van der Waals surface area contributed by atoms with Gasteiger partial charge in [0.05, 0.1) is 10.5 Å². The smallest absolute Gasteiger partial charge is 0.270 e. The summed E-state index contributed by atoms with van der Waals surface area (Å²) >= 11 is 1.68. The molecule has 0 saturated carbocycles. The minimum Gasteiger partial charge on any atom is -0.457 e. The summed E-state index contributed by atoms with van der Waals surface area (Å²) < 4.78 is 5.98. The van der Waals surface area contributed by atoms with Gasteiger partial charge in [-0.25, -0.2) is 0 Å². The van der Waals surface area contributed by atoms with Crippen molar-refractivity contribution >= 4 is 27.9 Å². The zero-order valence-electron chi connectivity index (χ0n) is 18.2. The molecule has 0 spiro atoms. The summed E-state index contributed by atoms with van der Waals surface area (Å²) in [5.41, 5.74) is 2.84. The van der Waals surface area contributed by atoms with E-state index in [9.17, 15) is 14.9 Å². The Balaban J connectivity index is 1.40. The number of anilines is 1. The first-order valence-corrected chi connectivity index (χ1v) is 11.6. The Morgan fingerprint density at radius 2 is 2.00 bits per heavy atom. The number of hydrogen-bond acceptors (Lipinski definition) is 6. The Labute approximate surface area is 190 Å². The minimum absolute atomic E-state index is 0.00640. The molecule has 2 atom stereocenters. The number of nitrogens with one attached hydrogen (secondary N) is 2. The monoisotopic (exact) mass is 451 g/mol. The van der Waals surface area contributed by atoms with Crippen LogP contribution in [-0.4, -0.2) is 10.8 Å². The van der Waals surface area contributed by atoms with Crippen LogP contribution in [0.3, 0.4) is 0 Å². The average Bonchev–Trinajstić information content (AvgIpc) is 3.37. The molecule has 2 N–H and O–H groups in total. The topological polar surface area (TPSA) is 97.4 Å². The number of carbonyl (C=O) groups excluding carboxylic acids is 1. The van der Waals surface area contributed by atoms with Crippen LogP contribution >= 0.6 is 11.3 Å². The Bertz CT molecular complexity index is 1220. The van der Waals surface area contributed by atoms with Crippen molar-refractivity contribution in [2.45, 2.75) is 46.2 Å². The Morgan fingerprint density at radius 3 is 2.75 bits per heavy atom. The number of fused-ring (bicyclic) bond motifs is 3. The van der Waals surface area contributed by atoms with Gasteiger partial charge < -0.3 is 15.1 Å². The molecule has 1 aliphatic carbocycles. The lowest BCUT2D eigenvalue weighted by atomic mass is 9.72. The second-order valence-electron chi connectivity index (χ2n) is 9.57. The predicted molar refractivity (Wildman–Crippen MR) is 124 cm³/mol. The first kappa shape index (κ1) is 20.8. The van der Waals surface area contributed by atoms with Gasteiger partial charge in [0.15, 0.2) is 6.17 Å². The van der Waals surface area contributed by atoms with E-state index in [4.69, 9.17) is 4.42 Å². The number of carbonyl (C=O) groups is 1. The molecule has 0 bridgehead atoms. The third kappa shape index (κ3) is 3.58. The van der Waals surface area contributed by atoms with Crippen LogP contribution in [0.1, 0.15) is 59.9 Å². The molecule has 0 fully saturated rings. The van der Waals surface area contributed by atoms with Crippen LogP contribution in [0.2, 0.25) is 0 Å². The lowest BCUT2D eigenvalue weighted by molar-refractivity contribution is -0.384. The molecule has 1 amide bonds. The average molecular weight is 452 g/mol. The highest BCUT2D eigenvalue weighted by Crippen LogP contribution is 2.46. The first-order chi connectivity index (χ1) is 15.2. The lowest BCUT2D eigenvalue weighted by Gasteiger charge is -2.34. The van der Waals surface area contributed by atoms with Crippen molar-refractivity contribution in [3.63, 3.8) is 0 Å². The van der Waals surface area contributed by atoms with E-state index in [2.05, 4.69) is 31.4 Å². The molecule has 0 unspecified atom stereocenters. The van der Waals surface area contributed by atoms with E-state index in [-0.39, 0.29) is 17.0 Å². The molecule has 2 aliphatic rings. The standard InChI is InChI=1S/C24H25N3O4S/c1-24(2,3)14-7-8-16-19(12-14)32-23-20(16)22(28)25-21(26-23)18-10-9-17(31-18)13-5-4-6-15(11-13)27(29)30/h4-6,9-11,14,21,26H,7-8,12H2,1-3H3,(H,25,28)/t14-,21+/m0/s1. The van der Waals surface area contributed by atoms with E-state index in [1.54, 1.807) is 35.6 Å². The second kappa shape index (κ2) is 7.48. The van der Waals surface area contributed by atoms with E-state index in [0.29, 0.717) is 23.0 Å². The molecule has 1 aliphatic heterocycles. The molecule has 0 radical (unpaired) electrons. The lowest BCUT2D eigenvalue weighted by Crippen LogP contribution is -2.38. The molecule has 3 aromatic rings. The van der Waals surface area contributed by atoms with E-state index in [1.807, 2.05) is 0 Å². The number of nitro benzene ring substituents is 1. The summed E-state index contributed by atoms with van der Waals surface area (Å²) in [4.78, 5) is 25.0. The van der Waals surface area contributed by atoms with Crippen molar-refractivity contribution in [1.29, 1.82) is 0 Å². The van der Waals surface area contributed by atoms with Gasteiger partial charge >= 0.3 is 0 Å². The van der Waals surface area contributed by atoms with Crippen LogP contribution in [0.25, 0.3) is 11.3 Å². The summed E-state index contributed by atoms with van der Waals surface area (Å²) in [5, 5.41) is 18.4. The van der Waals surface area contributed by atoms with Gasteiger partial charge in [-0.2, -0.15) is 0 Å². The quantitative estimate of drug-likeness (QED) is 0.380. The molecule has 5 rings (SSSR count). The normalized spacial score (nSPS) is 20.2. The van der Waals surface area contributed by atoms with E-state index in [0.717, 1.165) is 29.8 Å². The van der Waals surface area contributed by atoms with Crippen molar-refractivity contribution < 1.29 is 14.1 Å². The zero-order chi connectivity index (χ0) is 22.6. The van der Waals surface area contributed by atoms with Gasteiger partial charge in [-0.05, 0) is 48.3 Å². The fraction of sp³-hybridized carbons (Fsp3) is 0.375. The van der Waals surface area contributed by atoms with Gasteiger partial charge in [0.2, 0.25) is 0 Å². The summed E-state index contributed by atoms with van der Waals surface area (Å²) in [6, 6.07) is 9.88. The third-order valence-corrected chi connectivity index (χ3v) is 7.71. The Kier molecular flexibility index (Phi) is 4.85. The maximum Gasteiger partial charge on any atom is 0.270 e. The fourth-order valence-electron chi connectivity index (χ4n) is 4.62. The van der Waals surface area contributed by atoms with Gasteiger partial charge in [0.25, 0.3) is 11.6 Å². The molecule has 0 saturated heterocycles. The summed E-state index contributed by atoms with van der Waals surface area (Å²) in [6.07, 6.45) is 2.55. The molecule has 3 heterocycles. The minimum atomic E-state index is -0.485. The van der Waals surface area contributed by atoms with Crippen LogP contribution in [0.4, 0.5) is 10.7 Å². The van der Waals surface area contributed by atoms with Gasteiger partial charge in [-0.1, -0.05) is 32.9 Å². The maximum atomic E-state index is 13.0. The summed E-state index contributed by atoms with van der Waals surface area (Å²) in [6.45, 7) is 6.85. The van der Waals surface area contributed by atoms with E-state index in [1.165, 1.54) is 22.6 Å². The molecule has 7 nitrogen and oxygen atoms in total. The molecule has 32 heavy (non-hydrogen) atoms. The molecule has 1 aromatic carbocycles. The fourth-order valence-corrected chi connectivity index (χ4v) is 5.97. The summed E-state index contributed by atoms with van der Waals surface area (Å²) in [5.74, 6) is 1.61. The molecule has 8 heteroatoms. The van der Waals surface area contributed by atoms with Crippen molar-refractivity contribution in [3.05, 3.63) is 68.3 Å². The van der Waals surface area contributed by atoms with E-state index < -0.39 is 11.1 Å². The first-order valence-electron chi connectivity index (χ1n) is 10.8.